The Morgan fingerprint density at radius 3 is 1.15 bits per heavy atom. The van der Waals surface area contributed by atoms with E-state index in [0.717, 1.165) is 9.80 Å². The van der Waals surface area contributed by atoms with Crippen LogP contribution in [0.3, 0.4) is 0 Å². The summed E-state index contributed by atoms with van der Waals surface area (Å²) in [6.45, 7) is 0. The van der Waals surface area contributed by atoms with Crippen LogP contribution in [0.2, 0.25) is 0 Å². The number of benzene rings is 2. The molecule has 2 aliphatic heterocycles. The number of amides is 4. The molecule has 7 rings (SSSR count). The number of carbonyl (C=O) groups excluding carboxylic acids is 4. The maximum absolute atomic E-state index is 13.7. The summed E-state index contributed by atoms with van der Waals surface area (Å²) in [6, 6.07) is 14.5. The van der Waals surface area contributed by atoms with Crippen LogP contribution in [-0.2, 0) is 41.6 Å². The molecule has 40 heavy (non-hydrogen) atoms. The molecule has 1 saturated carbocycles. The monoisotopic (exact) mass is 542 g/mol. The summed E-state index contributed by atoms with van der Waals surface area (Å²) >= 11 is 0. The number of hydrogen-bond donors (Lipinski definition) is 2. The lowest BCUT2D eigenvalue weighted by molar-refractivity contribution is -0.156. The number of aliphatic carboxylic acids is 2. The molecule has 2 N–H and O–H groups in total. The molecule has 2 heterocycles. The first-order chi connectivity index (χ1) is 19.2. The standard InChI is InChI=1S/C30H26N2O8/c33-25-21-17-11-12-18(22(21)26(34)31(25)19(29(37)38)13-15-7-3-1-4-8-15)24-23(17)27(35)32(28(24)36)20(30(39)40)14-16-9-5-2-6-10-16/h1-12,17-24H,13-14H2,(H,37,38)(H,39,40)/t17?,18?,19-,20-,21-,22+,23-,24+/m0/s1. The topological polar surface area (TPSA) is 149 Å². The first kappa shape index (κ1) is 25.7. The molecule has 204 valence electrons. The molecule has 6 atom stereocenters. The number of carboxylic acids is 2. The molecule has 4 amide bonds. The number of nitrogens with zero attached hydrogens (tertiary/aromatic N) is 2. The number of imide groups is 2. The lowest BCUT2D eigenvalue weighted by atomic mass is 9.54. The zero-order valence-electron chi connectivity index (χ0n) is 21.2. The van der Waals surface area contributed by atoms with Gasteiger partial charge in [-0.1, -0.05) is 72.8 Å². The Balaban J connectivity index is 1.32. The predicted octanol–water partition coefficient (Wildman–Crippen LogP) is 1.40. The van der Waals surface area contributed by atoms with Crippen molar-refractivity contribution in [1.29, 1.82) is 0 Å². The molecule has 2 aromatic carbocycles. The third-order valence-electron chi connectivity index (χ3n) is 8.82. The van der Waals surface area contributed by atoms with E-state index in [1.54, 1.807) is 72.8 Å². The molecule has 0 aromatic heterocycles. The van der Waals surface area contributed by atoms with Gasteiger partial charge in [-0.15, -0.1) is 0 Å². The van der Waals surface area contributed by atoms with Crippen molar-refractivity contribution >= 4 is 35.6 Å². The van der Waals surface area contributed by atoms with Gasteiger partial charge in [-0.25, -0.2) is 9.59 Å². The Kier molecular flexibility index (Phi) is 6.13. The van der Waals surface area contributed by atoms with Gasteiger partial charge in [-0.2, -0.15) is 0 Å². The Morgan fingerprint density at radius 1 is 0.575 bits per heavy atom. The first-order valence-electron chi connectivity index (χ1n) is 13.2. The average molecular weight is 543 g/mol. The molecule has 2 bridgehead atoms. The van der Waals surface area contributed by atoms with Crippen molar-refractivity contribution in [2.75, 3.05) is 0 Å². The quantitative estimate of drug-likeness (QED) is 0.376. The minimum atomic E-state index is -1.43. The van der Waals surface area contributed by atoms with Crippen LogP contribution in [0.25, 0.3) is 0 Å². The second-order valence-electron chi connectivity index (χ2n) is 10.8. The van der Waals surface area contributed by atoms with Gasteiger partial charge in [-0.3, -0.25) is 29.0 Å². The van der Waals surface area contributed by atoms with Gasteiger partial charge in [0.15, 0.2) is 0 Å². The molecule has 0 unspecified atom stereocenters. The van der Waals surface area contributed by atoms with Crippen molar-refractivity contribution in [2.24, 2.45) is 35.5 Å². The summed E-state index contributed by atoms with van der Waals surface area (Å²) in [4.78, 5) is 81.0. The highest BCUT2D eigenvalue weighted by atomic mass is 16.4. The lowest BCUT2D eigenvalue weighted by Gasteiger charge is -2.44. The van der Waals surface area contributed by atoms with Crippen molar-refractivity contribution in [2.45, 2.75) is 24.9 Å². The van der Waals surface area contributed by atoms with Gasteiger partial charge in [0.1, 0.15) is 12.1 Å². The number of hydrogen-bond acceptors (Lipinski definition) is 6. The van der Waals surface area contributed by atoms with Crippen molar-refractivity contribution in [3.63, 3.8) is 0 Å². The molecule has 10 nitrogen and oxygen atoms in total. The third-order valence-corrected chi connectivity index (χ3v) is 8.82. The molecule has 3 fully saturated rings. The van der Waals surface area contributed by atoms with Gasteiger partial charge in [0.2, 0.25) is 23.6 Å². The van der Waals surface area contributed by atoms with Crippen LogP contribution >= 0.6 is 0 Å². The Hall–Kier alpha value is -4.60. The molecular weight excluding hydrogens is 516 g/mol. The van der Waals surface area contributed by atoms with Gasteiger partial charge in [-0.05, 0) is 11.1 Å². The number of carbonyl (C=O) groups is 6. The Labute approximate surface area is 228 Å². The van der Waals surface area contributed by atoms with Crippen molar-refractivity contribution < 1.29 is 39.0 Å². The van der Waals surface area contributed by atoms with Gasteiger partial charge in [0.25, 0.3) is 0 Å². The van der Waals surface area contributed by atoms with Crippen LogP contribution in [0.15, 0.2) is 72.8 Å². The smallest absolute Gasteiger partial charge is 0.327 e. The molecule has 2 aromatic rings. The Morgan fingerprint density at radius 2 is 0.875 bits per heavy atom. The summed E-state index contributed by atoms with van der Waals surface area (Å²) < 4.78 is 0. The van der Waals surface area contributed by atoms with E-state index in [0.29, 0.717) is 11.1 Å². The molecule has 3 aliphatic carbocycles. The lowest BCUT2D eigenvalue weighted by Crippen LogP contribution is -2.50. The van der Waals surface area contributed by atoms with Gasteiger partial charge in [0.05, 0.1) is 23.7 Å². The highest BCUT2D eigenvalue weighted by Gasteiger charge is 2.70. The van der Waals surface area contributed by atoms with Gasteiger partial charge >= 0.3 is 11.9 Å². The molecule has 10 heteroatoms. The second kappa shape index (κ2) is 9.55. The van der Waals surface area contributed by atoms with E-state index in [4.69, 9.17) is 0 Å². The van der Waals surface area contributed by atoms with Crippen LogP contribution in [0.5, 0.6) is 0 Å². The van der Waals surface area contributed by atoms with Crippen molar-refractivity contribution in [3.05, 3.63) is 83.9 Å². The second-order valence-corrected chi connectivity index (χ2v) is 10.8. The minimum Gasteiger partial charge on any atom is -0.480 e. The van der Waals surface area contributed by atoms with E-state index >= 15 is 0 Å². The fraction of sp³-hybridized carbons (Fsp3) is 0.333. The van der Waals surface area contributed by atoms with E-state index in [-0.39, 0.29) is 12.8 Å². The SMILES string of the molecule is O=C(O)[C@H](Cc1ccccc1)N1C(=O)[C@@H]2C3C=CC([C@@H]2C1=O)[C@@H]1C(=O)N([C@@H](Cc2ccccc2)C(=O)O)C(=O)[C@H]31. The molecular formula is C30H26N2O8. The molecule has 5 aliphatic rings. The Bertz CT molecular complexity index is 1300. The van der Waals surface area contributed by atoms with Crippen LogP contribution in [0.4, 0.5) is 0 Å². The number of likely N-dealkylation sites (tertiary alicyclic amines) is 2. The summed E-state index contributed by atoms with van der Waals surface area (Å²) in [7, 11) is 0. The maximum atomic E-state index is 13.7. The fourth-order valence-electron chi connectivity index (χ4n) is 7.14. The summed E-state index contributed by atoms with van der Waals surface area (Å²) in [5, 5.41) is 20.0. The zero-order valence-corrected chi connectivity index (χ0v) is 21.2. The third kappa shape index (κ3) is 3.77. The van der Waals surface area contributed by atoms with Gasteiger partial charge in [0, 0.05) is 24.7 Å². The average Bonchev–Trinajstić information content (AvgIpc) is 3.38. The number of allylic oxidation sites excluding steroid dienone is 2. The minimum absolute atomic E-state index is 0.0753. The largest absolute Gasteiger partial charge is 0.480 e. The van der Waals surface area contributed by atoms with Gasteiger partial charge < -0.3 is 10.2 Å². The summed E-state index contributed by atoms with van der Waals surface area (Å²) in [5.41, 5.74) is 1.28. The normalized spacial score (nSPS) is 29.9. The van der Waals surface area contributed by atoms with E-state index in [1.165, 1.54) is 0 Å². The highest BCUT2D eigenvalue weighted by Crippen LogP contribution is 2.58. The van der Waals surface area contributed by atoms with Crippen LogP contribution in [-0.4, -0.2) is 67.7 Å². The number of carboxylic acid groups (broad SMARTS) is 2. The summed E-state index contributed by atoms with van der Waals surface area (Å²) in [6.07, 6.45) is 3.18. The predicted molar refractivity (Wildman–Crippen MR) is 137 cm³/mol. The molecule has 2 saturated heterocycles. The van der Waals surface area contributed by atoms with E-state index < -0.39 is 83.2 Å². The van der Waals surface area contributed by atoms with Crippen LogP contribution < -0.4 is 0 Å². The van der Waals surface area contributed by atoms with Crippen molar-refractivity contribution in [3.8, 4) is 0 Å². The van der Waals surface area contributed by atoms with E-state index in [2.05, 4.69) is 0 Å². The van der Waals surface area contributed by atoms with Crippen LogP contribution in [0, 0.1) is 35.5 Å². The highest BCUT2D eigenvalue weighted by molar-refractivity contribution is 6.13. The number of rotatable bonds is 8. The fourth-order valence-corrected chi connectivity index (χ4v) is 7.14. The van der Waals surface area contributed by atoms with Crippen LogP contribution in [0.1, 0.15) is 11.1 Å². The molecule has 0 radical (unpaired) electrons. The zero-order chi connectivity index (χ0) is 28.3. The van der Waals surface area contributed by atoms with E-state index in [1.807, 2.05) is 0 Å². The summed E-state index contributed by atoms with van der Waals surface area (Å²) in [5.74, 6) is -10.9. The maximum Gasteiger partial charge on any atom is 0.327 e. The molecule has 0 spiro atoms. The van der Waals surface area contributed by atoms with Crippen molar-refractivity contribution in [1.82, 2.24) is 9.80 Å². The first-order valence-corrected chi connectivity index (χ1v) is 13.2. The van der Waals surface area contributed by atoms with E-state index in [9.17, 15) is 39.0 Å².